The SMILES string of the molecule is C[P@](=O)(Cl)Oc1ccccc1. The van der Waals surface area contributed by atoms with Gasteiger partial charge >= 0.3 is 6.72 Å². The third kappa shape index (κ3) is 3.45. The van der Waals surface area contributed by atoms with Crippen LogP contribution in [0.5, 0.6) is 5.75 Å². The van der Waals surface area contributed by atoms with Crippen molar-refractivity contribution in [3.63, 3.8) is 0 Å². The van der Waals surface area contributed by atoms with Crippen molar-refractivity contribution < 1.29 is 9.09 Å². The molecule has 0 N–H and O–H groups in total. The lowest BCUT2D eigenvalue weighted by Gasteiger charge is -2.06. The molecule has 0 aliphatic rings. The van der Waals surface area contributed by atoms with Crippen LogP contribution in [0.1, 0.15) is 0 Å². The average molecular weight is 191 g/mol. The van der Waals surface area contributed by atoms with E-state index in [1.807, 2.05) is 6.07 Å². The number of hydrogen-bond acceptors (Lipinski definition) is 2. The van der Waals surface area contributed by atoms with E-state index in [4.69, 9.17) is 15.8 Å². The van der Waals surface area contributed by atoms with E-state index in [-0.39, 0.29) is 0 Å². The van der Waals surface area contributed by atoms with Gasteiger partial charge in [-0.25, -0.2) is 0 Å². The van der Waals surface area contributed by atoms with Crippen LogP contribution in [0.15, 0.2) is 30.3 Å². The van der Waals surface area contributed by atoms with Gasteiger partial charge in [-0.2, -0.15) is 0 Å². The van der Waals surface area contributed by atoms with E-state index < -0.39 is 6.72 Å². The Hall–Kier alpha value is -0.460. The average Bonchev–Trinajstić information content (AvgIpc) is 1.85. The molecule has 0 fully saturated rings. The largest absolute Gasteiger partial charge is 0.433 e. The second-order valence-electron chi connectivity index (χ2n) is 2.15. The standard InChI is InChI=1S/C7H8ClO2P/c1-11(8,9)10-7-5-3-2-4-6-7/h2-6H,1H3/t11-/m1/s1. The molecule has 0 spiro atoms. The quantitative estimate of drug-likeness (QED) is 0.670. The minimum atomic E-state index is -2.92. The first-order valence-electron chi connectivity index (χ1n) is 3.10. The van der Waals surface area contributed by atoms with Gasteiger partial charge in [0.25, 0.3) is 0 Å². The minimum Gasteiger partial charge on any atom is -0.433 e. The summed E-state index contributed by atoms with van der Waals surface area (Å²) in [4.78, 5) is 0. The van der Waals surface area contributed by atoms with E-state index >= 15 is 0 Å². The molecule has 0 radical (unpaired) electrons. The summed E-state index contributed by atoms with van der Waals surface area (Å²) in [7, 11) is 0. The van der Waals surface area contributed by atoms with E-state index in [0.29, 0.717) is 5.75 Å². The Morgan fingerprint density at radius 1 is 1.36 bits per heavy atom. The van der Waals surface area contributed by atoms with E-state index in [1.54, 1.807) is 24.3 Å². The van der Waals surface area contributed by atoms with Gasteiger partial charge in [0, 0.05) is 6.66 Å². The molecule has 0 saturated heterocycles. The fourth-order valence-corrected chi connectivity index (χ4v) is 1.41. The zero-order valence-electron chi connectivity index (χ0n) is 6.03. The van der Waals surface area contributed by atoms with Crippen molar-refractivity contribution in [2.75, 3.05) is 6.66 Å². The normalized spacial score (nSPS) is 15.5. The van der Waals surface area contributed by atoms with Crippen LogP contribution in [0, 0.1) is 0 Å². The second kappa shape index (κ2) is 3.29. The highest BCUT2D eigenvalue weighted by molar-refractivity contribution is 7.85. The fraction of sp³-hybridized carbons (Fsp3) is 0.143. The molecule has 0 amide bonds. The van der Waals surface area contributed by atoms with Crippen molar-refractivity contribution in [3.8, 4) is 5.75 Å². The molecule has 2 nitrogen and oxygen atoms in total. The maximum Gasteiger partial charge on any atom is 0.333 e. The maximum absolute atomic E-state index is 10.9. The van der Waals surface area contributed by atoms with Crippen LogP contribution in [-0.2, 0) is 4.57 Å². The smallest absolute Gasteiger partial charge is 0.333 e. The lowest BCUT2D eigenvalue weighted by atomic mass is 10.3. The molecule has 0 unspecified atom stereocenters. The molecule has 0 heterocycles. The van der Waals surface area contributed by atoms with E-state index in [9.17, 15) is 4.57 Å². The summed E-state index contributed by atoms with van der Waals surface area (Å²) in [6, 6.07) is 8.85. The van der Waals surface area contributed by atoms with E-state index in [1.165, 1.54) is 6.66 Å². The topological polar surface area (TPSA) is 26.3 Å². The summed E-state index contributed by atoms with van der Waals surface area (Å²) in [5, 5.41) is 0. The molecular formula is C7H8ClO2P. The van der Waals surface area contributed by atoms with Crippen LogP contribution in [-0.4, -0.2) is 6.66 Å². The van der Waals surface area contributed by atoms with Crippen molar-refractivity contribution in [2.45, 2.75) is 0 Å². The van der Waals surface area contributed by atoms with E-state index in [0.717, 1.165) is 0 Å². The predicted octanol–water partition coefficient (Wildman–Crippen LogP) is 3.13. The Morgan fingerprint density at radius 3 is 2.36 bits per heavy atom. The van der Waals surface area contributed by atoms with Crippen molar-refractivity contribution in [3.05, 3.63) is 30.3 Å². The highest BCUT2D eigenvalue weighted by atomic mass is 35.7. The Labute approximate surface area is 70.4 Å². The van der Waals surface area contributed by atoms with Crippen molar-refractivity contribution in [1.29, 1.82) is 0 Å². The summed E-state index contributed by atoms with van der Waals surface area (Å²) < 4.78 is 15.8. The third-order valence-corrected chi connectivity index (χ3v) is 1.76. The Balaban J connectivity index is 2.74. The van der Waals surface area contributed by atoms with Crippen LogP contribution >= 0.6 is 18.0 Å². The summed E-state index contributed by atoms with van der Waals surface area (Å²) in [5.74, 6) is 0.535. The molecule has 1 aromatic carbocycles. The molecule has 11 heavy (non-hydrogen) atoms. The summed E-state index contributed by atoms with van der Waals surface area (Å²) in [5.41, 5.74) is 0. The van der Waals surface area contributed by atoms with Gasteiger partial charge in [0.1, 0.15) is 5.75 Å². The summed E-state index contributed by atoms with van der Waals surface area (Å²) >= 11 is 5.40. The predicted molar refractivity (Wildman–Crippen MR) is 46.5 cm³/mol. The van der Waals surface area contributed by atoms with Crippen molar-refractivity contribution >= 4 is 18.0 Å². The third-order valence-electron chi connectivity index (χ3n) is 1.01. The Bertz CT molecular complexity index is 267. The molecule has 0 aliphatic carbocycles. The van der Waals surface area contributed by atoms with Gasteiger partial charge < -0.3 is 4.52 Å². The number of para-hydroxylation sites is 1. The fourth-order valence-electron chi connectivity index (χ4n) is 0.670. The van der Waals surface area contributed by atoms with Crippen LogP contribution in [0.25, 0.3) is 0 Å². The lowest BCUT2D eigenvalue weighted by Crippen LogP contribution is -1.82. The molecule has 4 heteroatoms. The Kier molecular flexibility index (Phi) is 2.58. The van der Waals surface area contributed by atoms with Gasteiger partial charge in [0.2, 0.25) is 0 Å². The van der Waals surface area contributed by atoms with Crippen LogP contribution < -0.4 is 4.52 Å². The molecule has 0 aliphatic heterocycles. The molecule has 1 rings (SSSR count). The molecular weight excluding hydrogens is 183 g/mol. The highest BCUT2D eigenvalue weighted by Crippen LogP contribution is 2.47. The van der Waals surface area contributed by atoms with Gasteiger partial charge in [0.05, 0.1) is 0 Å². The van der Waals surface area contributed by atoms with Gasteiger partial charge in [0.15, 0.2) is 0 Å². The van der Waals surface area contributed by atoms with Crippen molar-refractivity contribution in [1.82, 2.24) is 0 Å². The monoisotopic (exact) mass is 190 g/mol. The number of benzene rings is 1. The zero-order valence-corrected chi connectivity index (χ0v) is 7.68. The molecule has 0 saturated carbocycles. The summed E-state index contributed by atoms with van der Waals surface area (Å²) in [6.07, 6.45) is 0. The minimum absolute atomic E-state index is 0.535. The lowest BCUT2D eigenvalue weighted by molar-refractivity contribution is 0.504. The summed E-state index contributed by atoms with van der Waals surface area (Å²) in [6.45, 7) is -1.55. The van der Waals surface area contributed by atoms with Crippen LogP contribution in [0.2, 0.25) is 0 Å². The molecule has 1 atom stereocenters. The van der Waals surface area contributed by atoms with Gasteiger partial charge in [-0.1, -0.05) is 18.2 Å². The first kappa shape index (κ1) is 8.63. The van der Waals surface area contributed by atoms with Gasteiger partial charge in [-0.05, 0) is 23.4 Å². The maximum atomic E-state index is 10.9. The Morgan fingerprint density at radius 2 is 1.91 bits per heavy atom. The van der Waals surface area contributed by atoms with Crippen LogP contribution in [0.4, 0.5) is 0 Å². The van der Waals surface area contributed by atoms with Gasteiger partial charge in [-0.15, -0.1) is 0 Å². The van der Waals surface area contributed by atoms with Crippen molar-refractivity contribution in [2.24, 2.45) is 0 Å². The molecule has 1 aromatic rings. The van der Waals surface area contributed by atoms with Crippen LogP contribution in [0.3, 0.4) is 0 Å². The number of hydrogen-bond donors (Lipinski definition) is 0. The number of halogens is 1. The molecule has 0 bridgehead atoms. The van der Waals surface area contributed by atoms with Gasteiger partial charge in [-0.3, -0.25) is 4.57 Å². The van der Waals surface area contributed by atoms with E-state index in [2.05, 4.69) is 0 Å². The molecule has 0 aromatic heterocycles. The highest BCUT2D eigenvalue weighted by Gasteiger charge is 2.10. The first-order valence-corrected chi connectivity index (χ1v) is 6.07. The zero-order chi connectivity index (χ0) is 8.32. The second-order valence-corrected chi connectivity index (χ2v) is 5.67. The number of rotatable bonds is 2. The molecule has 60 valence electrons. The first-order chi connectivity index (χ1) is 5.08.